The van der Waals surface area contributed by atoms with Crippen molar-refractivity contribution >= 4 is 71.2 Å². The molecule has 13 rings (SSSR count). The predicted octanol–water partition coefficient (Wildman–Crippen LogP) is 25.6. The third kappa shape index (κ3) is 10.9. The summed E-state index contributed by atoms with van der Waals surface area (Å²) in [7, 11) is 0. The Morgan fingerprint density at radius 3 is 1.17 bits per heavy atom. The predicted molar refractivity (Wildman–Crippen MR) is 393 cm³/mol. The first kappa shape index (κ1) is 60.2. The molecule has 0 unspecified atom stereocenters. The highest BCUT2D eigenvalue weighted by Crippen LogP contribution is 2.52. The van der Waals surface area contributed by atoms with Crippen LogP contribution < -0.4 is 4.90 Å². The summed E-state index contributed by atoms with van der Waals surface area (Å²) >= 11 is 0. The van der Waals surface area contributed by atoms with Crippen LogP contribution in [0, 0.1) is 0 Å². The van der Waals surface area contributed by atoms with Gasteiger partial charge in [-0.2, -0.15) is 0 Å². The van der Waals surface area contributed by atoms with Gasteiger partial charge in [0.1, 0.15) is 0 Å². The summed E-state index contributed by atoms with van der Waals surface area (Å²) in [6, 6.07) is 84.7. The van der Waals surface area contributed by atoms with E-state index in [1.807, 2.05) is 0 Å². The second kappa shape index (κ2) is 21.5. The zero-order valence-corrected chi connectivity index (χ0v) is 56.7. The molecule has 0 aliphatic heterocycles. The van der Waals surface area contributed by atoms with Gasteiger partial charge in [0, 0.05) is 32.7 Å². The molecule has 13 aromatic rings. The minimum absolute atomic E-state index is 0.000522. The molecule has 452 valence electrons. The summed E-state index contributed by atoms with van der Waals surface area (Å²) in [6.45, 7) is 42.1. The van der Waals surface area contributed by atoms with E-state index in [1.165, 1.54) is 138 Å². The Morgan fingerprint density at radius 2 is 0.633 bits per heavy atom. The highest BCUT2D eigenvalue weighted by atomic mass is 15.1. The van der Waals surface area contributed by atoms with Crippen molar-refractivity contribution < 1.29 is 0 Å². The number of nitrogens with zero attached hydrogens (tertiary/aromatic N) is 2. The Hall–Kier alpha value is -8.72. The van der Waals surface area contributed by atoms with Gasteiger partial charge in [-0.05, 0) is 169 Å². The Kier molecular flexibility index (Phi) is 14.4. The number of fused-ring (bicyclic) bond motifs is 3. The monoisotopic (exact) mass is 1170 g/mol. The van der Waals surface area contributed by atoms with Crippen LogP contribution in [-0.4, -0.2) is 4.57 Å². The Balaban J connectivity index is 1.09. The number of anilines is 3. The molecule has 0 spiro atoms. The molecule has 0 radical (unpaired) electrons. The lowest BCUT2D eigenvalue weighted by Gasteiger charge is -2.33. The van der Waals surface area contributed by atoms with Crippen molar-refractivity contribution in [2.75, 3.05) is 4.90 Å². The molecule has 1 aromatic heterocycles. The zero-order valence-electron chi connectivity index (χ0n) is 56.7. The maximum absolute atomic E-state index is 2.62. The molecule has 0 aliphatic carbocycles. The van der Waals surface area contributed by atoms with Gasteiger partial charge < -0.3 is 9.47 Å². The number of benzene rings is 12. The fourth-order valence-electron chi connectivity index (χ4n) is 13.6. The van der Waals surface area contributed by atoms with Gasteiger partial charge in [0.25, 0.3) is 0 Å². The molecule has 0 atom stereocenters. The Morgan fingerprint density at radius 1 is 0.244 bits per heavy atom. The highest BCUT2D eigenvalue weighted by Gasteiger charge is 2.29. The van der Waals surface area contributed by atoms with Gasteiger partial charge in [-0.1, -0.05) is 294 Å². The van der Waals surface area contributed by atoms with Crippen molar-refractivity contribution in [1.82, 2.24) is 4.57 Å². The van der Waals surface area contributed by atoms with Crippen LogP contribution in [0.25, 0.3) is 104 Å². The van der Waals surface area contributed by atoms with Gasteiger partial charge in [0.05, 0.1) is 33.8 Å². The van der Waals surface area contributed by atoms with Gasteiger partial charge in [0.15, 0.2) is 0 Å². The van der Waals surface area contributed by atoms with Crippen molar-refractivity contribution in [3.8, 4) is 50.2 Å². The maximum atomic E-state index is 2.62. The second-order valence-electron chi connectivity index (χ2n) is 32.0. The van der Waals surface area contributed by atoms with Crippen molar-refractivity contribution in [2.45, 2.75) is 157 Å². The summed E-state index contributed by atoms with van der Waals surface area (Å²) in [5, 5.41) is 9.94. The Bertz CT molecular complexity index is 4800. The molecule has 0 amide bonds. The largest absolute Gasteiger partial charge is 0.309 e. The van der Waals surface area contributed by atoms with Gasteiger partial charge >= 0.3 is 0 Å². The normalized spacial score (nSPS) is 13.0. The van der Waals surface area contributed by atoms with Crippen LogP contribution in [0.3, 0.4) is 0 Å². The average molecular weight is 1180 g/mol. The molecule has 0 saturated carbocycles. The van der Waals surface area contributed by atoms with Gasteiger partial charge in [-0.25, -0.2) is 0 Å². The van der Waals surface area contributed by atoms with E-state index < -0.39 is 0 Å². The lowest BCUT2D eigenvalue weighted by atomic mass is 9.78. The molecule has 12 aromatic carbocycles. The van der Waals surface area contributed by atoms with E-state index in [9.17, 15) is 0 Å². The number of hydrogen-bond donors (Lipinski definition) is 0. The summed E-state index contributed by atoms with van der Waals surface area (Å²) in [5.74, 6) is 0. The van der Waals surface area contributed by atoms with E-state index in [-0.39, 0.29) is 32.5 Å². The summed E-state index contributed by atoms with van der Waals surface area (Å²) in [5.41, 5.74) is 24.3. The van der Waals surface area contributed by atoms with E-state index in [0.717, 1.165) is 17.1 Å². The molecule has 0 saturated heterocycles. The Labute approximate surface area is 536 Å². The summed E-state index contributed by atoms with van der Waals surface area (Å²) in [6.07, 6.45) is 0. The van der Waals surface area contributed by atoms with Crippen molar-refractivity contribution in [3.63, 3.8) is 0 Å². The van der Waals surface area contributed by atoms with Gasteiger partial charge in [-0.15, -0.1) is 0 Å². The van der Waals surface area contributed by atoms with Crippen molar-refractivity contribution in [3.05, 3.63) is 252 Å². The zero-order chi connectivity index (χ0) is 63.8. The van der Waals surface area contributed by atoms with E-state index in [1.54, 1.807) is 0 Å². The number of rotatable bonds is 8. The van der Waals surface area contributed by atoms with Crippen LogP contribution in [0.15, 0.2) is 218 Å². The van der Waals surface area contributed by atoms with Crippen molar-refractivity contribution in [1.29, 1.82) is 0 Å². The molecule has 2 heteroatoms. The van der Waals surface area contributed by atoms with E-state index in [0.29, 0.717) is 0 Å². The van der Waals surface area contributed by atoms with Crippen LogP contribution in [0.4, 0.5) is 17.1 Å². The molecule has 90 heavy (non-hydrogen) atoms. The van der Waals surface area contributed by atoms with Crippen LogP contribution in [0.5, 0.6) is 0 Å². The van der Waals surface area contributed by atoms with Crippen molar-refractivity contribution in [2.24, 2.45) is 0 Å². The molecular weight excluding hydrogens is 1080 g/mol. The fourth-order valence-corrected chi connectivity index (χ4v) is 13.6. The minimum atomic E-state index is -0.136. The molecular formula is C88H90N2. The number of aromatic nitrogens is 1. The lowest BCUT2D eigenvalue weighted by molar-refractivity contribution is 0.568. The molecule has 0 N–H and O–H groups in total. The standard InChI is InChI=1S/C88H90N2/c1-83(2,3)63-39-44-80(74(54-63)56-33-31-55(32-34-56)60-47-65(85(7,8)9)52-66(48-60)86(10,11)12)89(75-28-22-19-25-69(75)62-45-59(46-64(51-62)84(4,5)6)61-49-67(87(13,14)15)53-68(50-61)88(16,17)18)78-42-37-57-36-41-73-79(43-38-58-35-40-72(78)81(57)82(58)73)90-76-29-23-20-26-70(76)71-27-21-24-30-77(71)90/h19-54H,1-18H3. The second-order valence-corrected chi connectivity index (χ2v) is 32.0. The summed E-state index contributed by atoms with van der Waals surface area (Å²) < 4.78 is 2.49. The first-order chi connectivity index (χ1) is 42.4. The quantitative estimate of drug-likeness (QED) is 0.138. The number of hydrogen-bond acceptors (Lipinski definition) is 1. The van der Waals surface area contributed by atoms with Gasteiger partial charge in [0.2, 0.25) is 0 Å². The van der Waals surface area contributed by atoms with Crippen LogP contribution in [0.2, 0.25) is 0 Å². The molecule has 0 aliphatic rings. The van der Waals surface area contributed by atoms with E-state index >= 15 is 0 Å². The lowest BCUT2D eigenvalue weighted by Crippen LogP contribution is -2.17. The fraction of sp³-hybridized carbons (Fsp3) is 0.273. The average Bonchev–Trinajstić information content (AvgIpc) is 0.998. The third-order valence-electron chi connectivity index (χ3n) is 19.2. The van der Waals surface area contributed by atoms with E-state index in [2.05, 4.69) is 352 Å². The molecule has 0 fully saturated rings. The SMILES string of the molecule is CC(C)(C)c1cc(-c2cc(C(C)(C)C)cc(C(C)(C)C)c2)cc(-c2ccccc2N(c2ccc(C(C)(C)C)cc2-c2ccc(-c3cc(C(C)(C)C)cc(C(C)(C)C)c3)cc2)c2ccc3ccc4c(-n5c6ccccc6c6ccccc65)ccc5ccc2c3c54)c1. The maximum Gasteiger partial charge on any atom is 0.0541 e. The third-order valence-corrected chi connectivity index (χ3v) is 19.2. The first-order valence-electron chi connectivity index (χ1n) is 32.7. The number of para-hydroxylation sites is 3. The van der Waals surface area contributed by atoms with Crippen LogP contribution in [-0.2, 0) is 32.5 Å². The van der Waals surface area contributed by atoms with Crippen LogP contribution in [0.1, 0.15) is 158 Å². The molecule has 0 bridgehead atoms. The topological polar surface area (TPSA) is 8.17 Å². The van der Waals surface area contributed by atoms with Crippen LogP contribution >= 0.6 is 0 Å². The molecule has 1 heterocycles. The van der Waals surface area contributed by atoms with Gasteiger partial charge in [-0.3, -0.25) is 0 Å². The molecule has 2 nitrogen and oxygen atoms in total. The van der Waals surface area contributed by atoms with E-state index in [4.69, 9.17) is 0 Å². The minimum Gasteiger partial charge on any atom is -0.309 e. The summed E-state index contributed by atoms with van der Waals surface area (Å²) in [4.78, 5) is 2.62. The highest BCUT2D eigenvalue weighted by molar-refractivity contribution is 6.28. The first-order valence-corrected chi connectivity index (χ1v) is 32.7. The smallest absolute Gasteiger partial charge is 0.0541 e.